The molecule has 34 heavy (non-hydrogen) atoms. The van der Waals surface area contributed by atoms with E-state index in [2.05, 4.69) is 11.9 Å². The molecule has 0 N–H and O–H groups in total. The number of piperidine rings is 1. The third-order valence-corrected chi connectivity index (χ3v) is 6.03. The van der Waals surface area contributed by atoms with Crippen LogP contribution in [0.4, 0.5) is 8.78 Å². The monoisotopic (exact) mass is 464 g/mol. The topological polar surface area (TPSA) is 23.6 Å². The Morgan fingerprint density at radius 3 is 1.71 bits per heavy atom. The van der Waals surface area contributed by atoms with Crippen molar-refractivity contribution in [3.8, 4) is 0 Å². The van der Waals surface area contributed by atoms with Gasteiger partial charge in [0.1, 0.15) is 17.9 Å². The van der Waals surface area contributed by atoms with E-state index in [0.29, 0.717) is 18.7 Å². The molecule has 180 valence electrons. The van der Waals surface area contributed by atoms with Gasteiger partial charge in [-0.3, -0.25) is 4.90 Å². The standard InChI is InChI=1S/C23H21F2NO.C6H13N/c24-21-11-20(12-22(25)14-21)13-23(17-27)26(15-18-7-3-1-4-8-18)16-19-9-5-2-6-10-19;1-7-5-3-2-4-6-7/h1-12,14,17,23H,13,15-16H2;2-6H2,1H3/t23-;/m1./s1. The normalized spacial score (nSPS) is 14.8. The Kier molecular flexibility index (Phi) is 10.4. The van der Waals surface area contributed by atoms with Crippen molar-refractivity contribution in [2.75, 3.05) is 20.1 Å². The molecule has 1 heterocycles. The summed E-state index contributed by atoms with van der Waals surface area (Å²) in [7, 11) is 2.19. The zero-order chi connectivity index (χ0) is 24.2. The third-order valence-electron chi connectivity index (χ3n) is 6.03. The molecular weight excluding hydrogens is 430 g/mol. The van der Waals surface area contributed by atoms with Crippen molar-refractivity contribution < 1.29 is 13.6 Å². The number of hydrogen-bond acceptors (Lipinski definition) is 3. The van der Waals surface area contributed by atoms with Gasteiger partial charge in [-0.2, -0.15) is 0 Å². The number of aldehydes is 1. The lowest BCUT2D eigenvalue weighted by Gasteiger charge is -2.28. The fourth-order valence-electron chi connectivity index (χ4n) is 4.21. The molecule has 4 rings (SSSR count). The van der Waals surface area contributed by atoms with Crippen LogP contribution in [0.2, 0.25) is 0 Å². The number of carbonyl (C=O) groups excluding carboxylic acids is 1. The summed E-state index contributed by atoms with van der Waals surface area (Å²) in [6.45, 7) is 3.77. The Balaban J connectivity index is 0.000000396. The molecule has 0 aromatic heterocycles. The highest BCUT2D eigenvalue weighted by Crippen LogP contribution is 2.17. The second-order valence-corrected chi connectivity index (χ2v) is 8.93. The summed E-state index contributed by atoms with van der Waals surface area (Å²) in [5.41, 5.74) is 2.62. The lowest BCUT2D eigenvalue weighted by molar-refractivity contribution is -0.112. The SMILES string of the molecule is CN1CCCCC1.O=C[C@@H](Cc1cc(F)cc(F)c1)N(Cc1ccccc1)Cc1ccccc1. The van der Waals surface area contributed by atoms with Crippen molar-refractivity contribution >= 4 is 6.29 Å². The van der Waals surface area contributed by atoms with E-state index in [0.717, 1.165) is 23.5 Å². The molecule has 3 aromatic rings. The number of likely N-dealkylation sites (tertiary alicyclic amines) is 1. The van der Waals surface area contributed by atoms with Crippen molar-refractivity contribution in [1.29, 1.82) is 0 Å². The van der Waals surface area contributed by atoms with E-state index in [1.165, 1.54) is 44.5 Å². The van der Waals surface area contributed by atoms with Gasteiger partial charge < -0.3 is 9.69 Å². The molecule has 0 aliphatic carbocycles. The van der Waals surface area contributed by atoms with Crippen molar-refractivity contribution in [2.45, 2.75) is 44.8 Å². The van der Waals surface area contributed by atoms with Crippen LogP contribution >= 0.6 is 0 Å². The summed E-state index contributed by atoms with van der Waals surface area (Å²) in [5, 5.41) is 0. The molecule has 1 fully saturated rings. The molecule has 0 bridgehead atoms. The van der Waals surface area contributed by atoms with Crippen molar-refractivity contribution in [2.24, 2.45) is 0 Å². The van der Waals surface area contributed by atoms with Gasteiger partial charge in [0.2, 0.25) is 0 Å². The molecule has 0 spiro atoms. The van der Waals surface area contributed by atoms with Crippen LogP contribution in [0.3, 0.4) is 0 Å². The van der Waals surface area contributed by atoms with Gasteiger partial charge in [0.25, 0.3) is 0 Å². The summed E-state index contributed by atoms with van der Waals surface area (Å²) in [4.78, 5) is 16.3. The number of rotatable bonds is 8. The second-order valence-electron chi connectivity index (χ2n) is 8.93. The molecule has 0 radical (unpaired) electrons. The number of halogens is 2. The molecular formula is C29H34F2N2O. The smallest absolute Gasteiger partial charge is 0.137 e. The van der Waals surface area contributed by atoms with Gasteiger partial charge in [-0.05, 0) is 68.2 Å². The van der Waals surface area contributed by atoms with Crippen LogP contribution in [0.5, 0.6) is 0 Å². The fraction of sp³-hybridized carbons (Fsp3) is 0.345. The zero-order valence-electron chi connectivity index (χ0n) is 19.9. The van der Waals surface area contributed by atoms with Crippen LogP contribution in [0.15, 0.2) is 78.9 Å². The van der Waals surface area contributed by atoms with E-state index in [1.807, 2.05) is 65.6 Å². The lowest BCUT2D eigenvalue weighted by Crippen LogP contribution is -2.37. The van der Waals surface area contributed by atoms with Gasteiger partial charge in [-0.1, -0.05) is 67.1 Å². The highest BCUT2D eigenvalue weighted by Gasteiger charge is 2.20. The Hall–Kier alpha value is -2.89. The predicted molar refractivity (Wildman–Crippen MR) is 133 cm³/mol. The van der Waals surface area contributed by atoms with Crippen LogP contribution < -0.4 is 0 Å². The summed E-state index contributed by atoms with van der Waals surface area (Å²) < 4.78 is 27.1. The van der Waals surface area contributed by atoms with Crippen LogP contribution in [0.25, 0.3) is 0 Å². The molecule has 1 saturated heterocycles. The van der Waals surface area contributed by atoms with Crippen LogP contribution in [-0.2, 0) is 24.3 Å². The Bertz CT molecular complexity index is 930. The van der Waals surface area contributed by atoms with Crippen molar-refractivity contribution in [1.82, 2.24) is 9.80 Å². The van der Waals surface area contributed by atoms with Crippen molar-refractivity contribution in [3.05, 3.63) is 107 Å². The highest BCUT2D eigenvalue weighted by atomic mass is 19.1. The van der Waals surface area contributed by atoms with E-state index in [4.69, 9.17) is 0 Å². The molecule has 3 aromatic carbocycles. The number of carbonyl (C=O) groups is 1. The molecule has 0 unspecified atom stereocenters. The minimum absolute atomic E-state index is 0.248. The van der Waals surface area contributed by atoms with E-state index in [1.54, 1.807) is 0 Å². The molecule has 3 nitrogen and oxygen atoms in total. The molecule has 5 heteroatoms. The Morgan fingerprint density at radius 1 is 0.794 bits per heavy atom. The largest absolute Gasteiger partial charge is 0.306 e. The van der Waals surface area contributed by atoms with E-state index < -0.39 is 17.7 Å². The van der Waals surface area contributed by atoms with Crippen LogP contribution in [0.1, 0.15) is 36.0 Å². The van der Waals surface area contributed by atoms with Gasteiger partial charge in [-0.15, -0.1) is 0 Å². The molecule has 0 amide bonds. The third kappa shape index (κ3) is 8.81. The maximum Gasteiger partial charge on any atom is 0.137 e. The number of nitrogens with zero attached hydrogens (tertiary/aromatic N) is 2. The summed E-state index contributed by atoms with van der Waals surface area (Å²) in [6.07, 6.45) is 5.38. The first kappa shape index (κ1) is 25.7. The van der Waals surface area contributed by atoms with E-state index >= 15 is 0 Å². The Labute approximate surface area is 202 Å². The molecule has 1 aliphatic rings. The summed E-state index contributed by atoms with van der Waals surface area (Å²) >= 11 is 0. The maximum atomic E-state index is 13.5. The first-order valence-electron chi connectivity index (χ1n) is 11.9. The van der Waals surface area contributed by atoms with Gasteiger partial charge in [-0.25, -0.2) is 8.78 Å². The van der Waals surface area contributed by atoms with Crippen molar-refractivity contribution in [3.63, 3.8) is 0 Å². The zero-order valence-corrected chi connectivity index (χ0v) is 19.9. The van der Waals surface area contributed by atoms with E-state index in [9.17, 15) is 13.6 Å². The second kappa shape index (κ2) is 13.7. The minimum Gasteiger partial charge on any atom is -0.306 e. The number of hydrogen-bond donors (Lipinski definition) is 0. The van der Waals surface area contributed by atoms with Gasteiger partial charge in [0.05, 0.1) is 6.04 Å². The fourth-order valence-corrected chi connectivity index (χ4v) is 4.21. The Morgan fingerprint density at radius 2 is 1.29 bits per heavy atom. The van der Waals surface area contributed by atoms with Crippen LogP contribution in [0, 0.1) is 11.6 Å². The van der Waals surface area contributed by atoms with Gasteiger partial charge >= 0.3 is 0 Å². The number of benzene rings is 3. The van der Waals surface area contributed by atoms with Gasteiger partial charge in [0.15, 0.2) is 0 Å². The average Bonchev–Trinajstić information content (AvgIpc) is 2.84. The maximum absolute atomic E-state index is 13.5. The highest BCUT2D eigenvalue weighted by molar-refractivity contribution is 5.58. The minimum atomic E-state index is -0.632. The lowest BCUT2D eigenvalue weighted by atomic mass is 10.0. The summed E-state index contributed by atoms with van der Waals surface area (Å²) in [6, 6.07) is 22.6. The van der Waals surface area contributed by atoms with E-state index in [-0.39, 0.29) is 6.42 Å². The summed E-state index contributed by atoms with van der Waals surface area (Å²) in [5.74, 6) is -1.26. The van der Waals surface area contributed by atoms with Gasteiger partial charge in [0, 0.05) is 19.2 Å². The predicted octanol–water partition coefficient (Wildman–Crippen LogP) is 5.88. The first-order chi connectivity index (χ1) is 16.5. The molecule has 0 saturated carbocycles. The first-order valence-corrected chi connectivity index (χ1v) is 11.9. The van der Waals surface area contributed by atoms with Crippen LogP contribution in [-0.4, -0.2) is 42.3 Å². The molecule has 1 atom stereocenters. The average molecular weight is 465 g/mol. The quantitative estimate of drug-likeness (QED) is 0.389. The molecule has 1 aliphatic heterocycles.